The van der Waals surface area contributed by atoms with E-state index in [2.05, 4.69) is 9.64 Å². The maximum absolute atomic E-state index is 12.3. The lowest BCUT2D eigenvalue weighted by Gasteiger charge is -2.30. The fraction of sp³-hybridized carbons (Fsp3) is 0.533. The third-order valence-corrected chi connectivity index (χ3v) is 4.15. The zero-order valence-electron chi connectivity index (χ0n) is 12.4. The number of hydrogen-bond acceptors (Lipinski definition) is 4. The molecule has 0 atom stereocenters. The monoisotopic (exact) mass is 330 g/mol. The summed E-state index contributed by atoms with van der Waals surface area (Å²) in [6.07, 6.45) is -3.34. The maximum Gasteiger partial charge on any atom is 0.573 e. The second-order valence-electron chi connectivity index (χ2n) is 5.65. The van der Waals surface area contributed by atoms with Crippen molar-refractivity contribution in [1.29, 1.82) is 0 Å². The van der Waals surface area contributed by atoms with Crippen LogP contribution in [0.5, 0.6) is 11.5 Å². The molecule has 0 spiro atoms. The van der Waals surface area contributed by atoms with Crippen LogP contribution in [0.15, 0.2) is 24.3 Å². The van der Waals surface area contributed by atoms with Crippen LogP contribution in [0, 0.1) is 0 Å². The third kappa shape index (κ3) is 4.07. The Balaban J connectivity index is 1.61. The van der Waals surface area contributed by atoms with Crippen LogP contribution in [0.1, 0.15) is 12.8 Å². The highest BCUT2D eigenvalue weighted by Crippen LogP contribution is 2.26. The van der Waals surface area contributed by atoms with E-state index in [1.54, 1.807) is 4.90 Å². The lowest BCUT2D eigenvalue weighted by Crippen LogP contribution is -2.43. The molecule has 3 saturated heterocycles. The first kappa shape index (κ1) is 15.9. The van der Waals surface area contributed by atoms with Gasteiger partial charge in [-0.2, -0.15) is 0 Å². The Bertz CT molecular complexity index is 554. The summed E-state index contributed by atoms with van der Waals surface area (Å²) in [5.74, 6) is -0.151. The van der Waals surface area contributed by atoms with Gasteiger partial charge in [-0.3, -0.25) is 0 Å². The van der Waals surface area contributed by atoms with Crippen molar-refractivity contribution in [3.8, 4) is 11.5 Å². The topological polar surface area (TPSA) is 42.0 Å². The van der Waals surface area contributed by atoms with E-state index >= 15 is 0 Å². The first-order chi connectivity index (χ1) is 10.9. The number of hydrogen-bond donors (Lipinski definition) is 0. The molecule has 0 aliphatic carbocycles. The molecule has 3 aliphatic rings. The zero-order chi connectivity index (χ0) is 16.4. The molecule has 4 rings (SSSR count). The summed E-state index contributed by atoms with van der Waals surface area (Å²) in [5, 5.41) is 0. The summed E-state index contributed by atoms with van der Waals surface area (Å²) in [7, 11) is 0. The number of carbonyl (C=O) groups excluding carboxylic acids is 1. The fourth-order valence-corrected chi connectivity index (χ4v) is 3.00. The number of amides is 1. The van der Waals surface area contributed by atoms with Gasteiger partial charge in [0.2, 0.25) is 0 Å². The highest BCUT2D eigenvalue weighted by atomic mass is 19.4. The van der Waals surface area contributed by atoms with Crippen LogP contribution < -0.4 is 9.47 Å². The highest BCUT2D eigenvalue weighted by molar-refractivity contribution is 5.71. The van der Waals surface area contributed by atoms with Gasteiger partial charge in [-0.1, -0.05) is 0 Å². The van der Waals surface area contributed by atoms with Crippen LogP contribution in [-0.4, -0.2) is 54.5 Å². The molecule has 0 saturated carbocycles. The van der Waals surface area contributed by atoms with Crippen molar-refractivity contribution in [1.82, 2.24) is 9.80 Å². The molecule has 1 aromatic rings. The van der Waals surface area contributed by atoms with Crippen LogP contribution >= 0.6 is 0 Å². The number of fused-ring (bicyclic) bond motifs is 4. The van der Waals surface area contributed by atoms with Gasteiger partial charge in [-0.05, 0) is 37.1 Å². The van der Waals surface area contributed by atoms with E-state index in [1.165, 1.54) is 12.1 Å². The SMILES string of the molecule is O=C(Oc1ccc(OC(F)(F)F)cc1)N1CCN2CCC1CC2. The Labute approximate surface area is 131 Å². The van der Waals surface area contributed by atoms with Crippen molar-refractivity contribution < 1.29 is 27.4 Å². The van der Waals surface area contributed by atoms with Crippen molar-refractivity contribution in [2.75, 3.05) is 26.2 Å². The van der Waals surface area contributed by atoms with E-state index in [0.717, 1.165) is 44.6 Å². The number of alkyl halides is 3. The fourth-order valence-electron chi connectivity index (χ4n) is 3.00. The van der Waals surface area contributed by atoms with Crippen LogP contribution in [0.2, 0.25) is 0 Å². The Morgan fingerprint density at radius 3 is 2.22 bits per heavy atom. The number of benzene rings is 1. The van der Waals surface area contributed by atoms with Gasteiger partial charge in [0.15, 0.2) is 0 Å². The van der Waals surface area contributed by atoms with Crippen molar-refractivity contribution in [2.45, 2.75) is 25.2 Å². The van der Waals surface area contributed by atoms with Crippen molar-refractivity contribution in [2.24, 2.45) is 0 Å². The van der Waals surface area contributed by atoms with E-state index in [-0.39, 0.29) is 17.5 Å². The zero-order valence-corrected chi connectivity index (χ0v) is 12.4. The van der Waals surface area contributed by atoms with Gasteiger partial charge in [0.05, 0.1) is 0 Å². The molecule has 3 fully saturated rings. The van der Waals surface area contributed by atoms with E-state index in [0.29, 0.717) is 6.54 Å². The minimum atomic E-state index is -4.74. The average molecular weight is 330 g/mol. The lowest BCUT2D eigenvalue weighted by molar-refractivity contribution is -0.274. The van der Waals surface area contributed by atoms with Crippen molar-refractivity contribution in [3.05, 3.63) is 24.3 Å². The van der Waals surface area contributed by atoms with E-state index in [1.807, 2.05) is 0 Å². The molecule has 1 aromatic carbocycles. The van der Waals surface area contributed by atoms with E-state index in [9.17, 15) is 18.0 Å². The number of halogens is 3. The van der Waals surface area contributed by atoms with Gasteiger partial charge in [-0.25, -0.2) is 4.79 Å². The summed E-state index contributed by atoms with van der Waals surface area (Å²) < 4.78 is 45.4. The van der Waals surface area contributed by atoms with Gasteiger partial charge >= 0.3 is 12.5 Å². The molecule has 0 N–H and O–H groups in total. The summed E-state index contributed by atoms with van der Waals surface area (Å²) >= 11 is 0. The summed E-state index contributed by atoms with van der Waals surface area (Å²) in [5.41, 5.74) is 0. The number of piperidine rings is 1. The van der Waals surface area contributed by atoms with Crippen LogP contribution in [0.25, 0.3) is 0 Å². The average Bonchev–Trinajstić information content (AvgIpc) is 2.81. The first-order valence-electron chi connectivity index (χ1n) is 7.47. The number of carbonyl (C=O) groups is 1. The maximum atomic E-state index is 12.3. The van der Waals surface area contributed by atoms with Gasteiger partial charge in [0.25, 0.3) is 0 Å². The molecular weight excluding hydrogens is 313 g/mol. The molecular formula is C15H17F3N2O3. The summed E-state index contributed by atoms with van der Waals surface area (Å²) in [6.45, 7) is 3.40. The quantitative estimate of drug-likeness (QED) is 0.836. The summed E-state index contributed by atoms with van der Waals surface area (Å²) in [6, 6.07) is 5.00. The molecule has 1 amide bonds. The van der Waals surface area contributed by atoms with E-state index < -0.39 is 12.5 Å². The molecule has 3 heterocycles. The van der Waals surface area contributed by atoms with Gasteiger partial charge in [0, 0.05) is 32.2 Å². The molecule has 3 aliphatic heterocycles. The van der Waals surface area contributed by atoms with Crippen molar-refractivity contribution in [3.63, 3.8) is 0 Å². The lowest BCUT2D eigenvalue weighted by atomic mass is 10.1. The second kappa shape index (κ2) is 6.27. The molecule has 23 heavy (non-hydrogen) atoms. The largest absolute Gasteiger partial charge is 0.573 e. The molecule has 2 bridgehead atoms. The molecule has 126 valence electrons. The minimum Gasteiger partial charge on any atom is -0.410 e. The van der Waals surface area contributed by atoms with Crippen molar-refractivity contribution >= 4 is 6.09 Å². The smallest absolute Gasteiger partial charge is 0.410 e. The molecule has 0 radical (unpaired) electrons. The number of rotatable bonds is 2. The van der Waals surface area contributed by atoms with Crippen LogP contribution in [-0.2, 0) is 0 Å². The Morgan fingerprint density at radius 1 is 1.00 bits per heavy atom. The Kier molecular flexibility index (Phi) is 4.34. The number of nitrogens with zero attached hydrogens (tertiary/aromatic N) is 2. The predicted molar refractivity (Wildman–Crippen MR) is 75.3 cm³/mol. The third-order valence-electron chi connectivity index (χ3n) is 4.15. The molecule has 0 aromatic heterocycles. The van der Waals surface area contributed by atoms with E-state index in [4.69, 9.17) is 4.74 Å². The molecule has 0 unspecified atom stereocenters. The molecule has 5 nitrogen and oxygen atoms in total. The minimum absolute atomic E-state index is 0.175. The first-order valence-corrected chi connectivity index (χ1v) is 7.47. The second-order valence-corrected chi connectivity index (χ2v) is 5.65. The standard InChI is InChI=1S/C15H17F3N2O3/c16-15(17,18)23-13-3-1-12(2-4-13)22-14(21)20-10-9-19-7-5-11(20)6-8-19/h1-4,11H,5-10H2. The van der Waals surface area contributed by atoms with Gasteiger partial charge in [-0.15, -0.1) is 13.2 Å². The number of ether oxygens (including phenoxy) is 2. The van der Waals surface area contributed by atoms with Crippen LogP contribution in [0.4, 0.5) is 18.0 Å². The highest BCUT2D eigenvalue weighted by Gasteiger charge is 2.33. The Morgan fingerprint density at radius 2 is 1.61 bits per heavy atom. The Hall–Kier alpha value is -1.96. The van der Waals surface area contributed by atoms with Gasteiger partial charge < -0.3 is 19.3 Å². The van der Waals surface area contributed by atoms with Crippen LogP contribution in [0.3, 0.4) is 0 Å². The van der Waals surface area contributed by atoms with Gasteiger partial charge in [0.1, 0.15) is 11.5 Å². The molecule has 8 heteroatoms. The normalized spacial score (nSPS) is 24.2. The summed E-state index contributed by atoms with van der Waals surface area (Å²) in [4.78, 5) is 16.3. The predicted octanol–water partition coefficient (Wildman–Crippen LogP) is 2.86.